The van der Waals surface area contributed by atoms with Crippen molar-refractivity contribution in [3.05, 3.63) is 63.9 Å². The lowest BCUT2D eigenvalue weighted by molar-refractivity contribution is 0.102. The molecule has 0 amide bonds. The van der Waals surface area contributed by atoms with E-state index >= 15 is 0 Å². The maximum atomic E-state index is 13.1. The van der Waals surface area contributed by atoms with Gasteiger partial charge in [-0.25, -0.2) is 4.39 Å². The second-order valence-corrected chi connectivity index (χ2v) is 9.01. The third-order valence-electron chi connectivity index (χ3n) is 5.09. The van der Waals surface area contributed by atoms with Gasteiger partial charge >= 0.3 is 0 Å². The standard InChI is InChI=1S/C21H22FN3OS2/c22-16-10-8-15(9-11-16)19(26)14-28-21-24-23-20(13-18-7-4-12-27-18)25(21)17-5-2-1-3-6-17/h4,7-12,17H,1-3,5-6,13-14H2. The van der Waals surface area contributed by atoms with E-state index in [9.17, 15) is 9.18 Å². The molecule has 1 aromatic carbocycles. The number of carbonyl (C=O) groups is 1. The summed E-state index contributed by atoms with van der Waals surface area (Å²) in [6.07, 6.45) is 6.77. The molecule has 0 atom stereocenters. The van der Waals surface area contributed by atoms with Gasteiger partial charge in [0.1, 0.15) is 11.6 Å². The number of hydrogen-bond acceptors (Lipinski definition) is 5. The first-order chi connectivity index (χ1) is 13.7. The summed E-state index contributed by atoms with van der Waals surface area (Å²) in [4.78, 5) is 13.7. The van der Waals surface area contributed by atoms with Gasteiger partial charge in [-0.3, -0.25) is 4.79 Å². The Labute approximate surface area is 172 Å². The summed E-state index contributed by atoms with van der Waals surface area (Å²) in [6, 6.07) is 10.3. The van der Waals surface area contributed by atoms with Crippen LogP contribution in [0.25, 0.3) is 0 Å². The molecule has 146 valence electrons. The van der Waals surface area contributed by atoms with E-state index in [0.717, 1.165) is 30.2 Å². The third-order valence-corrected chi connectivity index (χ3v) is 6.91. The van der Waals surface area contributed by atoms with Crippen LogP contribution in [-0.4, -0.2) is 26.3 Å². The van der Waals surface area contributed by atoms with Gasteiger partial charge in [0.2, 0.25) is 0 Å². The fraction of sp³-hybridized carbons (Fsp3) is 0.381. The lowest BCUT2D eigenvalue weighted by Gasteiger charge is -2.25. The Morgan fingerprint density at radius 1 is 1.14 bits per heavy atom. The number of thioether (sulfide) groups is 1. The lowest BCUT2D eigenvalue weighted by atomic mass is 9.95. The lowest BCUT2D eigenvalue weighted by Crippen LogP contribution is -2.17. The maximum Gasteiger partial charge on any atom is 0.191 e. The van der Waals surface area contributed by atoms with Crippen molar-refractivity contribution in [2.24, 2.45) is 0 Å². The fourth-order valence-electron chi connectivity index (χ4n) is 3.65. The molecule has 1 saturated carbocycles. The molecule has 0 radical (unpaired) electrons. The van der Waals surface area contributed by atoms with Crippen LogP contribution in [0.4, 0.5) is 4.39 Å². The van der Waals surface area contributed by atoms with E-state index in [4.69, 9.17) is 0 Å². The molecule has 0 aliphatic heterocycles. The maximum absolute atomic E-state index is 13.1. The highest BCUT2D eigenvalue weighted by Crippen LogP contribution is 2.33. The minimum atomic E-state index is -0.334. The van der Waals surface area contributed by atoms with Gasteiger partial charge in [0.25, 0.3) is 0 Å². The quantitative estimate of drug-likeness (QED) is 0.375. The second-order valence-electron chi connectivity index (χ2n) is 7.04. The van der Waals surface area contributed by atoms with Crippen molar-refractivity contribution >= 4 is 28.9 Å². The molecule has 1 aliphatic carbocycles. The number of nitrogens with zero attached hydrogens (tertiary/aromatic N) is 3. The molecule has 1 fully saturated rings. The van der Waals surface area contributed by atoms with Crippen molar-refractivity contribution in [2.75, 3.05) is 5.75 Å². The summed E-state index contributed by atoms with van der Waals surface area (Å²) in [5.74, 6) is 0.892. The summed E-state index contributed by atoms with van der Waals surface area (Å²) in [5.41, 5.74) is 0.524. The predicted octanol–water partition coefficient (Wildman–Crippen LogP) is 5.55. The first-order valence-electron chi connectivity index (χ1n) is 9.58. The van der Waals surface area contributed by atoms with Crippen LogP contribution >= 0.6 is 23.1 Å². The highest BCUT2D eigenvalue weighted by Gasteiger charge is 2.24. The molecule has 0 saturated heterocycles. The molecule has 4 nitrogen and oxygen atoms in total. The number of halogens is 1. The zero-order valence-electron chi connectivity index (χ0n) is 15.5. The molecule has 4 rings (SSSR count). The molecule has 0 unspecified atom stereocenters. The summed E-state index contributed by atoms with van der Waals surface area (Å²) in [5, 5.41) is 11.8. The summed E-state index contributed by atoms with van der Waals surface area (Å²) in [6.45, 7) is 0. The molecular weight excluding hydrogens is 393 g/mol. The zero-order valence-corrected chi connectivity index (χ0v) is 17.1. The van der Waals surface area contributed by atoms with Gasteiger partial charge in [0, 0.05) is 22.9 Å². The van der Waals surface area contributed by atoms with E-state index in [1.165, 1.54) is 60.2 Å². The van der Waals surface area contributed by atoms with E-state index < -0.39 is 0 Å². The van der Waals surface area contributed by atoms with E-state index in [-0.39, 0.29) is 17.4 Å². The molecule has 2 aromatic heterocycles. The number of rotatable bonds is 7. The van der Waals surface area contributed by atoms with E-state index in [2.05, 4.69) is 32.3 Å². The Morgan fingerprint density at radius 2 is 1.93 bits per heavy atom. The summed E-state index contributed by atoms with van der Waals surface area (Å²) in [7, 11) is 0. The number of aromatic nitrogens is 3. The van der Waals surface area contributed by atoms with Gasteiger partial charge in [-0.15, -0.1) is 21.5 Å². The number of ketones is 1. The van der Waals surface area contributed by atoms with E-state index in [1.807, 2.05) is 0 Å². The minimum absolute atomic E-state index is 0.0250. The molecule has 0 spiro atoms. The Bertz CT molecular complexity index is 916. The first kappa shape index (κ1) is 19.3. The molecule has 1 aliphatic rings. The molecule has 2 heterocycles. The Morgan fingerprint density at radius 3 is 2.64 bits per heavy atom. The molecular formula is C21H22FN3OS2. The zero-order chi connectivity index (χ0) is 19.3. The van der Waals surface area contributed by atoms with Crippen molar-refractivity contribution in [3.63, 3.8) is 0 Å². The number of Topliss-reactive ketones (excluding diaryl/α,β-unsaturated/α-hetero) is 1. The van der Waals surface area contributed by atoms with Gasteiger partial charge in [0.15, 0.2) is 10.9 Å². The Balaban J connectivity index is 1.52. The van der Waals surface area contributed by atoms with Crippen LogP contribution in [0.3, 0.4) is 0 Å². The minimum Gasteiger partial charge on any atom is -0.303 e. The van der Waals surface area contributed by atoms with Crippen molar-refractivity contribution in [3.8, 4) is 0 Å². The summed E-state index contributed by atoms with van der Waals surface area (Å²) >= 11 is 3.16. The van der Waals surface area contributed by atoms with Crippen LogP contribution < -0.4 is 0 Å². The van der Waals surface area contributed by atoms with Gasteiger partial charge in [0.05, 0.1) is 5.75 Å². The monoisotopic (exact) mass is 415 g/mol. The highest BCUT2D eigenvalue weighted by molar-refractivity contribution is 7.99. The second kappa shape index (κ2) is 9.01. The third kappa shape index (κ3) is 4.52. The fourth-order valence-corrected chi connectivity index (χ4v) is 5.27. The molecule has 3 aromatic rings. The van der Waals surface area contributed by atoms with Crippen LogP contribution in [0.5, 0.6) is 0 Å². The highest BCUT2D eigenvalue weighted by atomic mass is 32.2. The van der Waals surface area contributed by atoms with Crippen LogP contribution in [-0.2, 0) is 6.42 Å². The predicted molar refractivity (Wildman–Crippen MR) is 111 cm³/mol. The molecule has 0 bridgehead atoms. The average Bonchev–Trinajstić information content (AvgIpc) is 3.37. The average molecular weight is 416 g/mol. The molecule has 0 N–H and O–H groups in total. The topological polar surface area (TPSA) is 47.8 Å². The van der Waals surface area contributed by atoms with Gasteiger partial charge < -0.3 is 4.57 Å². The number of carbonyl (C=O) groups excluding carboxylic acids is 1. The number of hydrogen-bond donors (Lipinski definition) is 0. The number of benzene rings is 1. The molecule has 28 heavy (non-hydrogen) atoms. The number of thiophene rings is 1. The SMILES string of the molecule is O=C(CSc1nnc(Cc2cccs2)n1C1CCCCC1)c1ccc(F)cc1. The Hall–Kier alpha value is -1.99. The van der Waals surface area contributed by atoms with Gasteiger partial charge in [-0.2, -0.15) is 0 Å². The van der Waals surface area contributed by atoms with Gasteiger partial charge in [-0.1, -0.05) is 37.1 Å². The van der Waals surface area contributed by atoms with Crippen molar-refractivity contribution in [2.45, 2.75) is 49.7 Å². The van der Waals surface area contributed by atoms with E-state index in [1.54, 1.807) is 11.3 Å². The van der Waals surface area contributed by atoms with Crippen LogP contribution in [0.2, 0.25) is 0 Å². The smallest absolute Gasteiger partial charge is 0.191 e. The van der Waals surface area contributed by atoms with Gasteiger partial charge in [-0.05, 0) is 48.6 Å². The van der Waals surface area contributed by atoms with Crippen molar-refractivity contribution in [1.82, 2.24) is 14.8 Å². The van der Waals surface area contributed by atoms with Crippen LogP contribution in [0.15, 0.2) is 46.9 Å². The normalized spacial score (nSPS) is 15.0. The van der Waals surface area contributed by atoms with Crippen LogP contribution in [0, 0.1) is 5.82 Å². The first-order valence-corrected chi connectivity index (χ1v) is 11.4. The summed E-state index contributed by atoms with van der Waals surface area (Å²) < 4.78 is 15.3. The van der Waals surface area contributed by atoms with Crippen molar-refractivity contribution in [1.29, 1.82) is 0 Å². The van der Waals surface area contributed by atoms with Crippen LogP contribution in [0.1, 0.15) is 59.2 Å². The Kier molecular flexibility index (Phi) is 6.22. The van der Waals surface area contributed by atoms with Crippen molar-refractivity contribution < 1.29 is 9.18 Å². The largest absolute Gasteiger partial charge is 0.303 e. The van der Waals surface area contributed by atoms with E-state index in [0.29, 0.717) is 11.6 Å². The molecule has 7 heteroatoms.